The zero-order chi connectivity index (χ0) is 39.9. The number of rotatable bonds is 13. The molecule has 1 atom stereocenters. The lowest BCUT2D eigenvalue weighted by molar-refractivity contribution is -0.145. The first-order valence-corrected chi connectivity index (χ1v) is 18.9. The maximum Gasteiger partial charge on any atom is 0.314 e. The number of fused-ring (bicyclic) bond motifs is 1. The summed E-state index contributed by atoms with van der Waals surface area (Å²) in [7, 11) is 0. The smallest absolute Gasteiger partial charge is 0.314 e. The van der Waals surface area contributed by atoms with Gasteiger partial charge in [0.2, 0.25) is 5.56 Å². The van der Waals surface area contributed by atoms with E-state index >= 15 is 0 Å². The molecule has 0 aliphatic carbocycles. The Morgan fingerprint density at radius 3 is 1.96 bits per heavy atom. The predicted molar refractivity (Wildman–Crippen MR) is 217 cm³/mol. The summed E-state index contributed by atoms with van der Waals surface area (Å²) in [6, 6.07) is 39.5. The molecular formula is C46H44N4O7. The van der Waals surface area contributed by atoms with Crippen molar-refractivity contribution in [3.8, 4) is 5.75 Å². The zero-order valence-corrected chi connectivity index (χ0v) is 31.3. The maximum absolute atomic E-state index is 13.8. The summed E-state index contributed by atoms with van der Waals surface area (Å²) in [5.41, 5.74) is 4.10. The number of aromatic amines is 1. The van der Waals surface area contributed by atoms with Crippen molar-refractivity contribution in [3.63, 3.8) is 0 Å². The number of carboxylic acids is 1. The van der Waals surface area contributed by atoms with E-state index in [2.05, 4.69) is 10.3 Å². The Balaban J connectivity index is 0.979. The number of carbonyl (C=O) groups is 3. The first-order chi connectivity index (χ1) is 27.6. The van der Waals surface area contributed by atoms with Crippen LogP contribution in [0.25, 0.3) is 10.9 Å². The Bertz CT molecular complexity index is 2410. The van der Waals surface area contributed by atoms with Crippen LogP contribution in [-0.4, -0.2) is 67.5 Å². The standard InChI is InChI=1S/C46H44N4O7/c51-39-21-19-37(38-20-22-41(53)48-42(38)39)40(52)28-47-27-31-11-13-32(14-12-31)29-50(44(55)34-7-3-1-4-8-34)30-33-15-17-35(18-16-33)43(54)49-25-23-46(24-26-49,45(56)57)36-9-5-2-6-10-36/h1-22,40,47,51-52H,23-30H2,(H,48,53)(H,56,57). The Hall–Kier alpha value is -6.56. The second-order valence-corrected chi connectivity index (χ2v) is 14.5. The number of amides is 2. The summed E-state index contributed by atoms with van der Waals surface area (Å²) in [5.74, 6) is -1.22. The third-order valence-corrected chi connectivity index (χ3v) is 10.9. The number of benzene rings is 5. The highest BCUT2D eigenvalue weighted by Gasteiger charge is 2.44. The van der Waals surface area contributed by atoms with E-state index in [-0.39, 0.29) is 35.2 Å². The van der Waals surface area contributed by atoms with Crippen molar-refractivity contribution in [2.75, 3.05) is 19.6 Å². The summed E-state index contributed by atoms with van der Waals surface area (Å²) in [4.78, 5) is 57.6. The van der Waals surface area contributed by atoms with Crippen LogP contribution in [0, 0.1) is 0 Å². The minimum atomic E-state index is -1.02. The lowest BCUT2D eigenvalue weighted by Gasteiger charge is -2.39. The second-order valence-electron chi connectivity index (χ2n) is 14.5. The molecule has 11 nitrogen and oxygen atoms in total. The van der Waals surface area contributed by atoms with E-state index in [0.717, 1.165) is 22.3 Å². The largest absolute Gasteiger partial charge is 0.506 e. The average molecular weight is 765 g/mol. The summed E-state index contributed by atoms with van der Waals surface area (Å²) >= 11 is 0. The summed E-state index contributed by atoms with van der Waals surface area (Å²) in [5, 5.41) is 35.1. The van der Waals surface area contributed by atoms with Gasteiger partial charge < -0.3 is 35.4 Å². The van der Waals surface area contributed by atoms with Gasteiger partial charge in [0.15, 0.2) is 0 Å². The van der Waals surface area contributed by atoms with Crippen molar-refractivity contribution in [2.45, 2.75) is 44.0 Å². The van der Waals surface area contributed by atoms with Crippen LogP contribution in [0.15, 0.2) is 138 Å². The number of phenols is 1. The van der Waals surface area contributed by atoms with Crippen LogP contribution in [0.1, 0.15) is 67.5 Å². The van der Waals surface area contributed by atoms with Gasteiger partial charge in [-0.05, 0) is 77.1 Å². The van der Waals surface area contributed by atoms with Gasteiger partial charge in [-0.2, -0.15) is 0 Å². The molecule has 1 aliphatic heterocycles. The molecule has 0 spiro atoms. The average Bonchev–Trinajstić information content (AvgIpc) is 3.24. The molecule has 5 N–H and O–H groups in total. The number of likely N-dealkylation sites (tertiary alicyclic amines) is 1. The number of pyridine rings is 1. The quantitative estimate of drug-likeness (QED) is 0.0935. The van der Waals surface area contributed by atoms with Gasteiger partial charge in [-0.1, -0.05) is 91.0 Å². The monoisotopic (exact) mass is 764 g/mol. The molecule has 6 aromatic rings. The molecule has 1 aromatic heterocycles. The molecule has 290 valence electrons. The highest BCUT2D eigenvalue weighted by atomic mass is 16.4. The van der Waals surface area contributed by atoms with Crippen LogP contribution in [-0.2, 0) is 29.8 Å². The number of nitrogens with zero attached hydrogens (tertiary/aromatic N) is 2. The predicted octanol–water partition coefficient (Wildman–Crippen LogP) is 6.16. The number of aliphatic hydroxyl groups excluding tert-OH is 1. The Labute approximate surface area is 329 Å². The number of carbonyl (C=O) groups excluding carboxylic acids is 2. The molecule has 11 heteroatoms. The number of hydrogen-bond donors (Lipinski definition) is 5. The topological polar surface area (TPSA) is 163 Å². The minimum absolute atomic E-state index is 0.0640. The van der Waals surface area contributed by atoms with E-state index in [4.69, 9.17) is 0 Å². The Morgan fingerprint density at radius 1 is 0.737 bits per heavy atom. The number of phenolic OH excluding ortho intramolecular Hbond substituents is 1. The summed E-state index contributed by atoms with van der Waals surface area (Å²) < 4.78 is 0. The number of aromatic nitrogens is 1. The van der Waals surface area contributed by atoms with Gasteiger partial charge in [-0.15, -0.1) is 0 Å². The van der Waals surface area contributed by atoms with Crippen LogP contribution in [0.4, 0.5) is 0 Å². The van der Waals surface area contributed by atoms with Crippen LogP contribution >= 0.6 is 0 Å². The fourth-order valence-electron chi connectivity index (χ4n) is 7.59. The molecule has 5 aromatic carbocycles. The van der Waals surface area contributed by atoms with Crippen LogP contribution < -0.4 is 10.9 Å². The van der Waals surface area contributed by atoms with Gasteiger partial charge in [0.25, 0.3) is 11.8 Å². The fraction of sp³-hybridized carbons (Fsp3) is 0.217. The van der Waals surface area contributed by atoms with E-state index in [1.807, 2.05) is 84.9 Å². The van der Waals surface area contributed by atoms with Crippen molar-refractivity contribution in [1.29, 1.82) is 0 Å². The van der Waals surface area contributed by atoms with Crippen LogP contribution in [0.5, 0.6) is 5.75 Å². The molecule has 1 fully saturated rings. The number of hydrogen-bond acceptors (Lipinski definition) is 7. The van der Waals surface area contributed by atoms with Gasteiger partial charge in [-0.25, -0.2) is 0 Å². The van der Waals surface area contributed by atoms with Crippen molar-refractivity contribution in [2.24, 2.45) is 0 Å². The Morgan fingerprint density at radius 2 is 1.33 bits per heavy atom. The van der Waals surface area contributed by atoms with Gasteiger partial charge in [0.1, 0.15) is 5.75 Å². The lowest BCUT2D eigenvalue weighted by atomic mass is 9.73. The number of aliphatic carboxylic acids is 1. The fourth-order valence-corrected chi connectivity index (χ4v) is 7.59. The molecule has 1 unspecified atom stereocenters. The van der Waals surface area contributed by atoms with E-state index in [1.54, 1.807) is 46.2 Å². The maximum atomic E-state index is 13.8. The van der Waals surface area contributed by atoms with Crippen molar-refractivity contribution >= 4 is 28.7 Å². The van der Waals surface area contributed by atoms with Crippen molar-refractivity contribution in [1.82, 2.24) is 20.1 Å². The number of aromatic hydroxyl groups is 1. The molecule has 1 aliphatic rings. The molecule has 2 amide bonds. The lowest BCUT2D eigenvalue weighted by Crippen LogP contribution is -2.49. The van der Waals surface area contributed by atoms with E-state index in [1.165, 1.54) is 12.1 Å². The zero-order valence-electron chi connectivity index (χ0n) is 31.3. The number of piperidine rings is 1. The molecule has 0 saturated carbocycles. The van der Waals surface area contributed by atoms with Gasteiger partial charge >= 0.3 is 5.97 Å². The molecule has 57 heavy (non-hydrogen) atoms. The van der Waals surface area contributed by atoms with E-state index in [0.29, 0.717) is 67.6 Å². The minimum Gasteiger partial charge on any atom is -0.506 e. The second kappa shape index (κ2) is 17.1. The van der Waals surface area contributed by atoms with Gasteiger partial charge in [0.05, 0.1) is 17.0 Å². The highest BCUT2D eigenvalue weighted by molar-refractivity contribution is 5.95. The van der Waals surface area contributed by atoms with Crippen LogP contribution in [0.2, 0.25) is 0 Å². The third-order valence-electron chi connectivity index (χ3n) is 10.9. The molecule has 7 rings (SSSR count). The highest BCUT2D eigenvalue weighted by Crippen LogP contribution is 2.36. The number of H-pyrrole nitrogens is 1. The van der Waals surface area contributed by atoms with Gasteiger partial charge in [-0.3, -0.25) is 19.2 Å². The summed E-state index contributed by atoms with van der Waals surface area (Å²) in [6.07, 6.45) is -0.222. The molecular weight excluding hydrogens is 721 g/mol. The molecule has 1 saturated heterocycles. The first kappa shape index (κ1) is 38.7. The molecule has 0 bridgehead atoms. The van der Waals surface area contributed by atoms with E-state index < -0.39 is 17.5 Å². The summed E-state index contributed by atoms with van der Waals surface area (Å²) in [6.45, 7) is 2.04. The third kappa shape index (κ3) is 8.65. The number of carboxylic acid groups (broad SMARTS) is 1. The SMILES string of the molecule is O=C(c1ccc(CN(Cc2ccc(CNCC(O)c3ccc(O)c4[nH]c(=O)ccc34)cc2)C(=O)c2ccccc2)cc1)N1CCC(C(=O)O)(c2ccccc2)CC1. The molecule has 2 heterocycles. The normalized spacial score (nSPS) is 14.2. The van der Waals surface area contributed by atoms with Crippen molar-refractivity contribution < 1.29 is 29.7 Å². The van der Waals surface area contributed by atoms with Gasteiger partial charge in [0, 0.05) is 61.8 Å². The van der Waals surface area contributed by atoms with Crippen LogP contribution in [0.3, 0.4) is 0 Å². The van der Waals surface area contributed by atoms with Crippen molar-refractivity contribution in [3.05, 3.63) is 183 Å². The number of aliphatic hydroxyl groups is 1. The Kier molecular flexibility index (Phi) is 11.6. The first-order valence-electron chi connectivity index (χ1n) is 18.9. The molecule has 0 radical (unpaired) electrons. The van der Waals surface area contributed by atoms with E-state index in [9.17, 15) is 34.5 Å². The number of nitrogens with one attached hydrogen (secondary N) is 2.